The molecule has 4 nitrogen and oxygen atoms in total. The van der Waals surface area contributed by atoms with E-state index in [-0.39, 0.29) is 18.3 Å². The SMILES string of the molecule is CC1(O)CCN(Sc2ccc(B3OC(C)(C)C(C)(C)O3)cc2)CC1. The van der Waals surface area contributed by atoms with Crippen LogP contribution in [0.25, 0.3) is 0 Å². The molecule has 0 aliphatic carbocycles. The Morgan fingerprint density at radius 1 is 0.958 bits per heavy atom. The van der Waals surface area contributed by atoms with Crippen LogP contribution in [0.4, 0.5) is 0 Å². The van der Waals surface area contributed by atoms with Crippen LogP contribution in [-0.4, -0.2) is 46.4 Å². The number of hydrogen-bond acceptors (Lipinski definition) is 5. The molecule has 2 heterocycles. The number of aliphatic hydroxyl groups is 1. The molecule has 1 aromatic carbocycles. The van der Waals surface area contributed by atoms with E-state index >= 15 is 0 Å². The van der Waals surface area contributed by atoms with Crippen LogP contribution in [-0.2, 0) is 9.31 Å². The minimum atomic E-state index is -0.502. The van der Waals surface area contributed by atoms with Gasteiger partial charge in [-0.05, 0) is 77.0 Å². The van der Waals surface area contributed by atoms with E-state index in [1.165, 1.54) is 4.90 Å². The lowest BCUT2D eigenvalue weighted by molar-refractivity contribution is 0.00578. The van der Waals surface area contributed by atoms with E-state index in [1.54, 1.807) is 11.9 Å². The van der Waals surface area contributed by atoms with Crippen LogP contribution in [0.3, 0.4) is 0 Å². The fourth-order valence-electron chi connectivity index (χ4n) is 2.87. The van der Waals surface area contributed by atoms with E-state index in [1.807, 2.05) is 6.92 Å². The fraction of sp³-hybridized carbons (Fsp3) is 0.667. The number of rotatable bonds is 3. The minimum Gasteiger partial charge on any atom is -0.399 e. The van der Waals surface area contributed by atoms with Gasteiger partial charge in [0.15, 0.2) is 0 Å². The van der Waals surface area contributed by atoms with E-state index in [4.69, 9.17) is 9.31 Å². The van der Waals surface area contributed by atoms with Gasteiger partial charge in [-0.15, -0.1) is 0 Å². The van der Waals surface area contributed by atoms with Gasteiger partial charge in [-0.25, -0.2) is 4.31 Å². The first-order chi connectivity index (χ1) is 11.1. The maximum atomic E-state index is 10.0. The summed E-state index contributed by atoms with van der Waals surface area (Å²) in [6.45, 7) is 12.0. The van der Waals surface area contributed by atoms with Crippen molar-refractivity contribution in [2.75, 3.05) is 13.1 Å². The summed E-state index contributed by atoms with van der Waals surface area (Å²) in [4.78, 5) is 1.21. The van der Waals surface area contributed by atoms with E-state index in [2.05, 4.69) is 56.3 Å². The van der Waals surface area contributed by atoms with Gasteiger partial charge in [-0.1, -0.05) is 12.1 Å². The summed E-state index contributed by atoms with van der Waals surface area (Å²) in [5, 5.41) is 10.0. The summed E-state index contributed by atoms with van der Waals surface area (Å²) in [6.07, 6.45) is 1.65. The second kappa shape index (κ2) is 6.33. The predicted octanol–water partition coefficient (Wildman–Crippen LogP) is 2.84. The van der Waals surface area contributed by atoms with E-state index < -0.39 is 5.60 Å². The maximum Gasteiger partial charge on any atom is 0.494 e. The molecule has 24 heavy (non-hydrogen) atoms. The van der Waals surface area contributed by atoms with Gasteiger partial charge in [0, 0.05) is 18.0 Å². The zero-order chi connectivity index (χ0) is 17.6. The van der Waals surface area contributed by atoms with Crippen molar-refractivity contribution in [2.45, 2.75) is 69.2 Å². The molecule has 0 amide bonds. The Labute approximate surface area is 150 Å². The molecule has 0 unspecified atom stereocenters. The highest BCUT2D eigenvalue weighted by Crippen LogP contribution is 2.36. The topological polar surface area (TPSA) is 41.9 Å². The van der Waals surface area contributed by atoms with Gasteiger partial charge < -0.3 is 14.4 Å². The van der Waals surface area contributed by atoms with Gasteiger partial charge in [-0.3, -0.25) is 0 Å². The summed E-state index contributed by atoms with van der Waals surface area (Å²) < 4.78 is 14.5. The summed E-state index contributed by atoms with van der Waals surface area (Å²) in [7, 11) is -0.306. The monoisotopic (exact) mass is 349 g/mol. The molecule has 0 atom stereocenters. The van der Waals surface area contributed by atoms with E-state index in [0.717, 1.165) is 31.4 Å². The summed E-state index contributed by atoms with van der Waals surface area (Å²) in [6, 6.07) is 8.42. The average molecular weight is 349 g/mol. The molecular weight excluding hydrogens is 321 g/mol. The smallest absolute Gasteiger partial charge is 0.399 e. The Morgan fingerprint density at radius 2 is 1.46 bits per heavy atom. The molecule has 0 radical (unpaired) electrons. The van der Waals surface area contributed by atoms with Crippen LogP contribution in [0.15, 0.2) is 29.2 Å². The van der Waals surface area contributed by atoms with Crippen molar-refractivity contribution >= 4 is 24.5 Å². The zero-order valence-corrected chi connectivity index (χ0v) is 16.2. The zero-order valence-electron chi connectivity index (χ0n) is 15.3. The van der Waals surface area contributed by atoms with Crippen molar-refractivity contribution < 1.29 is 14.4 Å². The number of piperidine rings is 1. The quantitative estimate of drug-likeness (QED) is 0.671. The van der Waals surface area contributed by atoms with Crippen molar-refractivity contribution in [3.05, 3.63) is 24.3 Å². The van der Waals surface area contributed by atoms with Crippen molar-refractivity contribution in [3.63, 3.8) is 0 Å². The van der Waals surface area contributed by atoms with Crippen LogP contribution in [0.1, 0.15) is 47.5 Å². The van der Waals surface area contributed by atoms with E-state index in [0.29, 0.717) is 0 Å². The minimum absolute atomic E-state index is 0.306. The molecule has 2 saturated heterocycles. The first-order valence-electron chi connectivity index (χ1n) is 8.69. The molecule has 2 fully saturated rings. The third kappa shape index (κ3) is 3.83. The second-order valence-electron chi connectivity index (χ2n) is 8.17. The molecule has 1 aromatic rings. The molecule has 0 bridgehead atoms. The average Bonchev–Trinajstić information content (AvgIpc) is 2.70. The number of nitrogens with zero attached hydrogens (tertiary/aromatic N) is 1. The first-order valence-corrected chi connectivity index (χ1v) is 9.46. The molecule has 2 aliphatic rings. The normalized spacial score (nSPS) is 25.8. The van der Waals surface area contributed by atoms with Crippen LogP contribution in [0.2, 0.25) is 0 Å². The third-order valence-corrected chi connectivity index (χ3v) is 6.55. The van der Waals surface area contributed by atoms with E-state index in [9.17, 15) is 5.11 Å². The van der Waals surface area contributed by atoms with Gasteiger partial charge in [0.05, 0.1) is 16.8 Å². The number of hydrogen-bond donors (Lipinski definition) is 1. The van der Waals surface area contributed by atoms with Gasteiger partial charge >= 0.3 is 7.12 Å². The summed E-state index contributed by atoms with van der Waals surface area (Å²) in [5.74, 6) is 0. The van der Waals surface area contributed by atoms with Gasteiger partial charge in [0.2, 0.25) is 0 Å². The Bertz CT molecular complexity index is 562. The lowest BCUT2D eigenvalue weighted by atomic mass is 9.79. The van der Waals surface area contributed by atoms with Crippen molar-refractivity contribution in [2.24, 2.45) is 0 Å². The molecule has 1 N–H and O–H groups in total. The molecule has 0 aromatic heterocycles. The van der Waals surface area contributed by atoms with Crippen LogP contribution < -0.4 is 5.46 Å². The lowest BCUT2D eigenvalue weighted by Crippen LogP contribution is -2.41. The Balaban J connectivity index is 1.61. The molecule has 3 rings (SSSR count). The van der Waals surface area contributed by atoms with Crippen molar-refractivity contribution in [3.8, 4) is 0 Å². The Kier molecular flexibility index (Phi) is 4.82. The van der Waals surface area contributed by atoms with Crippen LogP contribution in [0, 0.1) is 0 Å². The molecule has 0 spiro atoms. The van der Waals surface area contributed by atoms with Gasteiger partial charge in [-0.2, -0.15) is 0 Å². The standard InChI is InChI=1S/C18H28BNO3S/c1-16(2)17(3,4)23-19(22-16)14-6-8-15(9-7-14)24-20-12-10-18(5,21)11-13-20/h6-9,21H,10-13H2,1-5H3. The largest absolute Gasteiger partial charge is 0.494 e. The van der Waals surface area contributed by atoms with Crippen LogP contribution >= 0.6 is 11.9 Å². The fourth-order valence-corrected chi connectivity index (χ4v) is 3.79. The molecule has 0 saturated carbocycles. The second-order valence-corrected chi connectivity index (χ2v) is 9.34. The van der Waals surface area contributed by atoms with Crippen LogP contribution in [0.5, 0.6) is 0 Å². The van der Waals surface area contributed by atoms with Crippen molar-refractivity contribution in [1.29, 1.82) is 0 Å². The predicted molar refractivity (Wildman–Crippen MR) is 99.4 cm³/mol. The molecular formula is C18H28BNO3S. The Morgan fingerprint density at radius 3 is 1.96 bits per heavy atom. The highest BCUT2D eigenvalue weighted by Gasteiger charge is 2.51. The van der Waals surface area contributed by atoms with Gasteiger partial charge in [0.1, 0.15) is 0 Å². The molecule has 2 aliphatic heterocycles. The van der Waals surface area contributed by atoms with Crippen molar-refractivity contribution in [1.82, 2.24) is 4.31 Å². The third-order valence-electron chi connectivity index (χ3n) is 5.44. The molecule has 132 valence electrons. The highest BCUT2D eigenvalue weighted by molar-refractivity contribution is 7.97. The number of benzene rings is 1. The maximum absolute atomic E-state index is 10.0. The summed E-state index contributed by atoms with van der Waals surface area (Å²) in [5.41, 5.74) is -0.0665. The lowest BCUT2D eigenvalue weighted by Gasteiger charge is -2.34. The highest BCUT2D eigenvalue weighted by atomic mass is 32.2. The first kappa shape index (κ1) is 18.3. The van der Waals surface area contributed by atoms with Gasteiger partial charge in [0.25, 0.3) is 0 Å². The summed E-state index contributed by atoms with van der Waals surface area (Å²) >= 11 is 1.76. The molecule has 6 heteroatoms. The Hall–Kier alpha value is -0.525.